The maximum absolute atomic E-state index is 10.5. The Bertz CT molecular complexity index is 406. The lowest BCUT2D eigenvalue weighted by Crippen LogP contribution is -2.31. The van der Waals surface area contributed by atoms with Crippen LogP contribution < -0.4 is 10.1 Å². The molecule has 0 radical (unpaired) electrons. The monoisotopic (exact) mass is 280 g/mol. The van der Waals surface area contributed by atoms with Crippen LogP contribution in [-0.2, 0) is 0 Å². The zero-order valence-electron chi connectivity index (χ0n) is 12.5. The van der Waals surface area contributed by atoms with Gasteiger partial charge in [0.2, 0.25) is 0 Å². The third-order valence-electron chi connectivity index (χ3n) is 3.36. The van der Waals surface area contributed by atoms with Crippen molar-refractivity contribution in [2.45, 2.75) is 39.7 Å². The minimum atomic E-state index is -0.415. The smallest absolute Gasteiger partial charge is 0.269 e. The first-order chi connectivity index (χ1) is 9.52. The van der Waals surface area contributed by atoms with E-state index in [4.69, 9.17) is 4.74 Å². The molecule has 5 heteroatoms. The van der Waals surface area contributed by atoms with Crippen LogP contribution in [-0.4, -0.2) is 24.1 Å². The normalized spacial score (nSPS) is 13.8. The van der Waals surface area contributed by atoms with Gasteiger partial charge >= 0.3 is 0 Å². The van der Waals surface area contributed by atoms with Gasteiger partial charge in [0, 0.05) is 24.7 Å². The molecule has 0 saturated carbocycles. The zero-order valence-corrected chi connectivity index (χ0v) is 12.5. The fourth-order valence-electron chi connectivity index (χ4n) is 1.99. The molecule has 20 heavy (non-hydrogen) atoms. The van der Waals surface area contributed by atoms with Gasteiger partial charge < -0.3 is 10.1 Å². The molecule has 0 bridgehead atoms. The van der Waals surface area contributed by atoms with E-state index in [1.807, 2.05) is 0 Å². The first-order valence-corrected chi connectivity index (χ1v) is 7.13. The summed E-state index contributed by atoms with van der Waals surface area (Å²) in [4.78, 5) is 10.1. The van der Waals surface area contributed by atoms with Gasteiger partial charge in [0.1, 0.15) is 12.4 Å². The molecule has 0 aromatic heterocycles. The van der Waals surface area contributed by atoms with Crippen LogP contribution in [0.5, 0.6) is 5.75 Å². The molecule has 0 fully saturated rings. The molecule has 112 valence electrons. The van der Waals surface area contributed by atoms with Gasteiger partial charge in [-0.05, 0) is 31.4 Å². The maximum Gasteiger partial charge on any atom is 0.269 e. The van der Waals surface area contributed by atoms with Gasteiger partial charge in [-0.25, -0.2) is 0 Å². The lowest BCUT2D eigenvalue weighted by Gasteiger charge is -2.17. The largest absolute Gasteiger partial charge is 0.492 e. The number of non-ortho nitro benzene ring substituents is 1. The van der Waals surface area contributed by atoms with Crippen LogP contribution in [0.2, 0.25) is 0 Å². The minimum absolute atomic E-state index is 0.0812. The Morgan fingerprint density at radius 2 is 1.95 bits per heavy atom. The Labute approximate surface area is 120 Å². The van der Waals surface area contributed by atoms with Crippen molar-refractivity contribution in [3.63, 3.8) is 0 Å². The van der Waals surface area contributed by atoms with Gasteiger partial charge in [0.05, 0.1) is 4.92 Å². The summed E-state index contributed by atoms with van der Waals surface area (Å²) in [5.41, 5.74) is 0.0812. The summed E-state index contributed by atoms with van der Waals surface area (Å²) in [6.07, 6.45) is 2.36. The first kappa shape index (κ1) is 16.4. The molecule has 0 spiro atoms. The first-order valence-electron chi connectivity index (χ1n) is 7.13. The number of nitro benzene ring substituents is 1. The molecule has 0 aliphatic rings. The molecule has 1 rings (SSSR count). The third-order valence-corrected chi connectivity index (χ3v) is 3.36. The van der Waals surface area contributed by atoms with Gasteiger partial charge in [0.25, 0.3) is 5.69 Å². The second-order valence-electron chi connectivity index (χ2n) is 5.20. The van der Waals surface area contributed by atoms with Crippen molar-refractivity contribution in [2.24, 2.45) is 5.92 Å². The van der Waals surface area contributed by atoms with Crippen molar-refractivity contribution in [2.75, 3.05) is 13.2 Å². The van der Waals surface area contributed by atoms with Gasteiger partial charge in [-0.3, -0.25) is 10.1 Å². The number of rotatable bonds is 9. The Balaban J connectivity index is 2.22. The summed E-state index contributed by atoms with van der Waals surface area (Å²) in [5.74, 6) is 1.39. The van der Waals surface area contributed by atoms with E-state index in [1.54, 1.807) is 12.1 Å². The molecule has 0 aliphatic heterocycles. The highest BCUT2D eigenvalue weighted by molar-refractivity contribution is 5.35. The Morgan fingerprint density at radius 3 is 2.50 bits per heavy atom. The van der Waals surface area contributed by atoms with Crippen LogP contribution in [0, 0.1) is 16.0 Å². The lowest BCUT2D eigenvalue weighted by atomic mass is 10.0. The number of ether oxygens (including phenoxy) is 1. The molecule has 2 atom stereocenters. The van der Waals surface area contributed by atoms with E-state index < -0.39 is 4.92 Å². The van der Waals surface area contributed by atoms with Crippen molar-refractivity contribution in [3.05, 3.63) is 34.4 Å². The molecular formula is C15H24N2O3. The number of hydrogen-bond donors (Lipinski definition) is 1. The second kappa shape index (κ2) is 8.53. The maximum atomic E-state index is 10.5. The SMILES string of the molecule is CCC(C)CC(C)NCCOc1ccc([N+](=O)[O-])cc1. The summed E-state index contributed by atoms with van der Waals surface area (Å²) >= 11 is 0. The molecule has 1 aromatic rings. The second-order valence-corrected chi connectivity index (χ2v) is 5.20. The standard InChI is InChI=1S/C15H24N2O3/c1-4-12(2)11-13(3)16-9-10-20-15-7-5-14(6-8-15)17(18)19/h5-8,12-13,16H,4,9-11H2,1-3H3. The predicted molar refractivity (Wildman–Crippen MR) is 80.1 cm³/mol. The van der Waals surface area contributed by atoms with E-state index >= 15 is 0 Å². The highest BCUT2D eigenvalue weighted by atomic mass is 16.6. The van der Waals surface area contributed by atoms with Gasteiger partial charge in [-0.1, -0.05) is 20.3 Å². The predicted octanol–water partition coefficient (Wildman–Crippen LogP) is 3.39. The molecule has 1 aromatic carbocycles. The highest BCUT2D eigenvalue weighted by Gasteiger charge is 2.07. The van der Waals surface area contributed by atoms with Crippen molar-refractivity contribution >= 4 is 5.69 Å². The summed E-state index contributed by atoms with van der Waals surface area (Å²) in [6, 6.07) is 6.63. The summed E-state index contributed by atoms with van der Waals surface area (Å²) in [7, 11) is 0. The number of nitrogens with one attached hydrogen (secondary N) is 1. The van der Waals surface area contributed by atoms with Gasteiger partial charge in [0.15, 0.2) is 0 Å². The summed E-state index contributed by atoms with van der Waals surface area (Å²) in [5, 5.41) is 13.9. The summed E-state index contributed by atoms with van der Waals surface area (Å²) < 4.78 is 5.54. The van der Waals surface area contributed by atoms with Crippen molar-refractivity contribution in [1.29, 1.82) is 0 Å². The van der Waals surface area contributed by atoms with Crippen LogP contribution in [0.15, 0.2) is 24.3 Å². The average molecular weight is 280 g/mol. The molecule has 0 heterocycles. The highest BCUT2D eigenvalue weighted by Crippen LogP contribution is 2.17. The van der Waals surface area contributed by atoms with Crippen LogP contribution in [0.4, 0.5) is 5.69 Å². The Morgan fingerprint density at radius 1 is 1.30 bits per heavy atom. The molecule has 5 nitrogen and oxygen atoms in total. The third kappa shape index (κ3) is 6.02. The fraction of sp³-hybridized carbons (Fsp3) is 0.600. The Hall–Kier alpha value is -1.62. The lowest BCUT2D eigenvalue weighted by molar-refractivity contribution is -0.384. The number of nitrogens with zero attached hydrogens (tertiary/aromatic N) is 1. The Kier molecular flexibility index (Phi) is 7.01. The number of hydrogen-bond acceptors (Lipinski definition) is 4. The van der Waals surface area contributed by atoms with Crippen LogP contribution >= 0.6 is 0 Å². The quantitative estimate of drug-likeness (QED) is 0.428. The van der Waals surface area contributed by atoms with Crippen molar-refractivity contribution in [1.82, 2.24) is 5.32 Å². The molecule has 0 aliphatic carbocycles. The van der Waals surface area contributed by atoms with E-state index in [9.17, 15) is 10.1 Å². The van der Waals surface area contributed by atoms with Crippen LogP contribution in [0.25, 0.3) is 0 Å². The fourth-order valence-corrected chi connectivity index (χ4v) is 1.99. The van der Waals surface area contributed by atoms with E-state index in [2.05, 4.69) is 26.1 Å². The van der Waals surface area contributed by atoms with Crippen molar-refractivity contribution < 1.29 is 9.66 Å². The van der Waals surface area contributed by atoms with Gasteiger partial charge in [-0.2, -0.15) is 0 Å². The topological polar surface area (TPSA) is 64.4 Å². The molecule has 0 saturated heterocycles. The zero-order chi connectivity index (χ0) is 15.0. The van der Waals surface area contributed by atoms with Crippen LogP contribution in [0.3, 0.4) is 0 Å². The number of nitro groups is 1. The van der Waals surface area contributed by atoms with E-state index in [0.717, 1.165) is 18.9 Å². The van der Waals surface area contributed by atoms with E-state index in [1.165, 1.54) is 18.6 Å². The van der Waals surface area contributed by atoms with Gasteiger partial charge in [-0.15, -0.1) is 0 Å². The van der Waals surface area contributed by atoms with Crippen molar-refractivity contribution in [3.8, 4) is 5.75 Å². The number of benzene rings is 1. The average Bonchev–Trinajstić information content (AvgIpc) is 2.44. The minimum Gasteiger partial charge on any atom is -0.492 e. The molecule has 0 amide bonds. The van der Waals surface area contributed by atoms with Crippen LogP contribution in [0.1, 0.15) is 33.6 Å². The molecular weight excluding hydrogens is 256 g/mol. The molecule has 2 unspecified atom stereocenters. The molecule has 1 N–H and O–H groups in total. The summed E-state index contributed by atoms with van der Waals surface area (Å²) in [6.45, 7) is 7.97. The van der Waals surface area contributed by atoms with E-state index in [0.29, 0.717) is 18.4 Å². The van der Waals surface area contributed by atoms with E-state index in [-0.39, 0.29) is 5.69 Å².